The first-order valence-electron chi connectivity index (χ1n) is 4.13. The summed E-state index contributed by atoms with van der Waals surface area (Å²) in [5.74, 6) is -0.340. The van der Waals surface area contributed by atoms with Crippen LogP contribution in [0.4, 0.5) is 4.79 Å². The molecule has 8 heteroatoms. The fourth-order valence-electron chi connectivity index (χ4n) is 1.02. The molecule has 0 aliphatic rings. The minimum atomic E-state index is -3.95. The van der Waals surface area contributed by atoms with Gasteiger partial charge in [0.1, 0.15) is 0 Å². The second-order valence-corrected chi connectivity index (χ2v) is 4.56. The van der Waals surface area contributed by atoms with Gasteiger partial charge in [0.05, 0.1) is 18.1 Å². The lowest BCUT2D eigenvalue weighted by atomic mass is 10.2. The highest BCUT2D eigenvalue weighted by atomic mass is 32.2. The lowest BCUT2D eigenvalue weighted by Crippen LogP contribution is -2.46. The number of rotatable bonds is 3. The van der Waals surface area contributed by atoms with Crippen molar-refractivity contribution < 1.29 is 27.8 Å². The number of nitrogens with two attached hydrogens (primary N) is 1. The Morgan fingerprint density at radius 3 is 2.25 bits per heavy atom. The van der Waals surface area contributed by atoms with Crippen LogP contribution in [0.5, 0.6) is 0 Å². The first kappa shape index (κ1) is 14.5. The van der Waals surface area contributed by atoms with Gasteiger partial charge in [-0.05, 0) is 24.1 Å². The molecule has 0 bridgehead atoms. The maximum absolute atomic E-state index is 10.7. The Morgan fingerprint density at radius 1 is 1.38 bits per heavy atom. The van der Waals surface area contributed by atoms with E-state index in [1.807, 2.05) is 0 Å². The molecule has 1 rings (SSSR count). The van der Waals surface area contributed by atoms with Crippen molar-refractivity contribution in [3.63, 3.8) is 0 Å². The Bertz CT molecular complexity index is 454. The standard InChI is InChI=1S/C8H10N2O4S.H2O/c9-8(11)10-4-1-7(2-5-10)3-6-15(12,13)14;/h1-2,4-5H,3,6H2,(H2-,9,11,12,13,14);1H2. The van der Waals surface area contributed by atoms with Crippen molar-refractivity contribution in [2.24, 2.45) is 5.73 Å². The van der Waals surface area contributed by atoms with Gasteiger partial charge < -0.3 is 5.48 Å². The molecule has 0 aromatic carbocycles. The molecule has 1 heterocycles. The normalized spacial score (nSPS) is 10.6. The Hall–Kier alpha value is -1.51. The Balaban J connectivity index is 0.00000225. The van der Waals surface area contributed by atoms with Gasteiger partial charge >= 0.3 is 6.03 Å². The number of hydrogen-bond donors (Lipinski definition) is 2. The number of aromatic nitrogens is 1. The monoisotopic (exact) mass is 248 g/mol. The molecule has 1 amide bonds. The molecule has 0 saturated heterocycles. The lowest BCUT2D eigenvalue weighted by molar-refractivity contribution is -0.569. The van der Waals surface area contributed by atoms with Crippen molar-refractivity contribution in [1.29, 1.82) is 0 Å². The van der Waals surface area contributed by atoms with Gasteiger partial charge in [0.2, 0.25) is 0 Å². The molecule has 0 spiro atoms. The summed E-state index contributed by atoms with van der Waals surface area (Å²) in [6.07, 6.45) is 3.06. The summed E-state index contributed by atoms with van der Waals surface area (Å²) in [7, 11) is -3.95. The average molecular weight is 248 g/mol. The van der Waals surface area contributed by atoms with Crippen LogP contribution in [-0.4, -0.2) is 30.2 Å². The van der Waals surface area contributed by atoms with Gasteiger partial charge in [0.25, 0.3) is 10.1 Å². The van der Waals surface area contributed by atoms with E-state index in [-0.39, 0.29) is 17.6 Å². The molecule has 1 aromatic heterocycles. The second-order valence-electron chi connectivity index (χ2n) is 2.99. The van der Waals surface area contributed by atoms with Crippen LogP contribution in [0.15, 0.2) is 24.5 Å². The van der Waals surface area contributed by atoms with Crippen molar-refractivity contribution in [2.75, 3.05) is 5.75 Å². The predicted molar refractivity (Wildman–Crippen MR) is 53.7 cm³/mol. The highest BCUT2D eigenvalue weighted by Crippen LogP contribution is 1.98. The van der Waals surface area contributed by atoms with Gasteiger partial charge in [-0.1, -0.05) is 0 Å². The first-order valence-corrected chi connectivity index (χ1v) is 5.74. The third-order valence-corrected chi connectivity index (χ3v) is 2.52. The predicted octanol–water partition coefficient (Wildman–Crippen LogP) is -0.846. The third kappa shape index (κ3) is 4.82. The molecule has 90 valence electrons. The van der Waals surface area contributed by atoms with Crippen molar-refractivity contribution >= 4 is 16.1 Å². The number of pyridine rings is 1. The Morgan fingerprint density at radius 2 is 1.88 bits per heavy atom. The number of carbonyl (C=O) groups excluding carboxylic acids is 1. The fourth-order valence-corrected chi connectivity index (χ4v) is 1.51. The van der Waals surface area contributed by atoms with Crippen molar-refractivity contribution in [3.05, 3.63) is 30.1 Å². The van der Waals surface area contributed by atoms with Gasteiger partial charge in [0.15, 0.2) is 0 Å². The van der Waals surface area contributed by atoms with Crippen LogP contribution >= 0.6 is 0 Å². The van der Waals surface area contributed by atoms with Crippen molar-refractivity contribution in [1.82, 2.24) is 0 Å². The summed E-state index contributed by atoms with van der Waals surface area (Å²) in [6.45, 7) is 0. The molecular formula is C8H12N2O5S. The highest BCUT2D eigenvalue weighted by Gasteiger charge is 2.07. The third-order valence-electron chi connectivity index (χ3n) is 1.80. The molecule has 7 nitrogen and oxygen atoms in total. The van der Waals surface area contributed by atoms with E-state index in [9.17, 15) is 13.2 Å². The maximum Gasteiger partial charge on any atom is 0.493 e. The number of aryl methyl sites for hydroxylation is 1. The summed E-state index contributed by atoms with van der Waals surface area (Å²) in [5.41, 5.74) is 5.69. The molecule has 0 aliphatic heterocycles. The summed E-state index contributed by atoms with van der Waals surface area (Å²) < 4.78 is 30.6. The van der Waals surface area contributed by atoms with Crippen LogP contribution < -0.4 is 10.3 Å². The second kappa shape index (κ2) is 5.54. The lowest BCUT2D eigenvalue weighted by Gasteiger charge is -1.98. The molecular weight excluding hydrogens is 236 g/mol. The van der Waals surface area contributed by atoms with Crippen LogP contribution in [-0.2, 0) is 16.5 Å². The van der Waals surface area contributed by atoms with Gasteiger partial charge in [0, 0.05) is 0 Å². The number of primary amides is 1. The molecule has 4 N–H and O–H groups in total. The summed E-state index contributed by atoms with van der Waals surface area (Å²) in [4.78, 5) is 10.7. The van der Waals surface area contributed by atoms with E-state index in [2.05, 4.69) is 0 Å². The van der Waals surface area contributed by atoms with Gasteiger partial charge in [-0.15, -0.1) is 0 Å². The molecule has 0 saturated carbocycles. The number of nitrogens with zero attached hydrogens (tertiary/aromatic N) is 1. The van der Waals surface area contributed by atoms with Crippen LogP contribution in [0.3, 0.4) is 0 Å². The summed E-state index contributed by atoms with van der Waals surface area (Å²) >= 11 is 0. The smallest absolute Gasteiger partial charge is 0.493 e. The number of amides is 1. The van der Waals surface area contributed by atoms with E-state index in [0.29, 0.717) is 5.56 Å². The van der Waals surface area contributed by atoms with E-state index in [1.54, 1.807) is 12.1 Å². The largest absolute Gasteiger partial charge is 0.870 e. The Kier molecular flexibility index (Phi) is 5.02. The van der Waals surface area contributed by atoms with Crippen LogP contribution in [0.25, 0.3) is 0 Å². The maximum atomic E-state index is 10.7. The number of carbonyl (C=O) groups is 1. The molecule has 1 aromatic rings. The molecule has 0 fully saturated rings. The minimum Gasteiger partial charge on any atom is -0.870 e. The van der Waals surface area contributed by atoms with Crippen molar-refractivity contribution in [2.45, 2.75) is 6.42 Å². The van der Waals surface area contributed by atoms with Gasteiger partial charge in [-0.25, -0.2) is 0 Å². The van der Waals surface area contributed by atoms with Crippen LogP contribution in [0, 0.1) is 0 Å². The van der Waals surface area contributed by atoms with Crippen LogP contribution in [0.1, 0.15) is 5.56 Å². The molecule has 0 unspecified atom stereocenters. The topological polar surface area (TPSA) is 131 Å². The molecule has 0 radical (unpaired) electrons. The quantitative estimate of drug-likeness (QED) is 0.531. The van der Waals surface area contributed by atoms with E-state index in [4.69, 9.17) is 10.3 Å². The summed E-state index contributed by atoms with van der Waals surface area (Å²) in [6, 6.07) is 2.52. The van der Waals surface area contributed by atoms with E-state index < -0.39 is 16.1 Å². The zero-order valence-electron chi connectivity index (χ0n) is 8.28. The minimum absolute atomic E-state index is 0. The van der Waals surface area contributed by atoms with E-state index in [0.717, 1.165) is 4.57 Å². The number of hydrogen-bond acceptors (Lipinski definition) is 4. The van der Waals surface area contributed by atoms with E-state index in [1.165, 1.54) is 12.4 Å². The summed E-state index contributed by atoms with van der Waals surface area (Å²) in [5, 5.41) is 0. The zero-order valence-corrected chi connectivity index (χ0v) is 9.09. The van der Waals surface area contributed by atoms with Gasteiger partial charge in [-0.3, -0.25) is 10.3 Å². The SMILES string of the molecule is NC(=O)[n+]1ccc(CCS(=O)(=O)O)cc1.[OH-]. The van der Waals surface area contributed by atoms with E-state index >= 15 is 0 Å². The van der Waals surface area contributed by atoms with Crippen molar-refractivity contribution in [3.8, 4) is 0 Å². The molecule has 0 atom stereocenters. The Labute approximate surface area is 92.6 Å². The fraction of sp³-hybridized carbons (Fsp3) is 0.250. The molecule has 0 aliphatic carbocycles. The first-order chi connectivity index (χ1) is 6.88. The highest BCUT2D eigenvalue weighted by molar-refractivity contribution is 7.85. The average Bonchev–Trinajstić information content (AvgIpc) is 2.14. The van der Waals surface area contributed by atoms with Crippen LogP contribution in [0.2, 0.25) is 0 Å². The zero-order chi connectivity index (χ0) is 11.5. The molecule has 16 heavy (non-hydrogen) atoms. The van der Waals surface area contributed by atoms with Gasteiger partial charge in [-0.2, -0.15) is 17.8 Å².